The third-order valence-corrected chi connectivity index (χ3v) is 8.49. The number of aryl methyl sites for hydroxylation is 1. The molecule has 2 heterocycles. The van der Waals surface area contributed by atoms with E-state index in [0.717, 1.165) is 11.1 Å². The van der Waals surface area contributed by atoms with E-state index in [4.69, 9.17) is 9.72 Å². The van der Waals surface area contributed by atoms with Crippen molar-refractivity contribution in [2.75, 3.05) is 36.5 Å². The zero-order valence-corrected chi connectivity index (χ0v) is 21.1. The highest BCUT2D eigenvalue weighted by molar-refractivity contribution is 7.92. The van der Waals surface area contributed by atoms with Gasteiger partial charge >= 0.3 is 0 Å². The molecular formula is C25H32N4O4S. The zero-order chi connectivity index (χ0) is 24.6. The van der Waals surface area contributed by atoms with Gasteiger partial charge < -0.3 is 15.0 Å². The van der Waals surface area contributed by atoms with Gasteiger partial charge in [-0.2, -0.15) is 0 Å². The average molecular weight is 485 g/mol. The van der Waals surface area contributed by atoms with E-state index in [1.54, 1.807) is 43.7 Å². The lowest BCUT2D eigenvalue weighted by Crippen LogP contribution is -2.40. The van der Waals surface area contributed by atoms with Crippen LogP contribution >= 0.6 is 0 Å². The van der Waals surface area contributed by atoms with E-state index in [0.29, 0.717) is 48.8 Å². The summed E-state index contributed by atoms with van der Waals surface area (Å²) in [7, 11) is -1.72. The second-order valence-electron chi connectivity index (χ2n) is 9.08. The minimum Gasteiger partial charge on any atom is -0.378 e. The van der Waals surface area contributed by atoms with Crippen LogP contribution in [0.15, 0.2) is 46.1 Å². The molecule has 0 spiro atoms. The molecule has 1 saturated heterocycles. The minimum absolute atomic E-state index is 0.105. The summed E-state index contributed by atoms with van der Waals surface area (Å²) >= 11 is 0. The van der Waals surface area contributed by atoms with Crippen molar-refractivity contribution in [1.29, 1.82) is 0 Å². The third-order valence-electron chi connectivity index (χ3n) is 6.28. The van der Waals surface area contributed by atoms with E-state index in [9.17, 15) is 13.2 Å². The molecule has 1 aliphatic rings. The number of aromatic nitrogens is 2. The van der Waals surface area contributed by atoms with Crippen molar-refractivity contribution in [3.05, 3.63) is 57.9 Å². The fourth-order valence-corrected chi connectivity index (χ4v) is 5.53. The molecule has 4 rings (SSSR count). The van der Waals surface area contributed by atoms with Gasteiger partial charge in [-0.1, -0.05) is 18.2 Å². The maximum Gasteiger partial charge on any atom is 0.262 e. The zero-order valence-electron chi connectivity index (χ0n) is 20.3. The fraction of sp³-hybridized carbons (Fsp3) is 0.440. The van der Waals surface area contributed by atoms with Gasteiger partial charge in [-0.15, -0.1) is 0 Å². The van der Waals surface area contributed by atoms with Crippen LogP contribution in [0.3, 0.4) is 0 Å². The number of benzene rings is 2. The number of nitrogens with one attached hydrogen (secondary N) is 1. The molecule has 182 valence electrons. The highest BCUT2D eigenvalue weighted by atomic mass is 32.2. The molecule has 1 N–H and O–H groups in total. The number of hydrogen-bond acceptors (Lipinski definition) is 7. The molecule has 0 saturated carbocycles. The number of para-hydroxylation sites is 1. The summed E-state index contributed by atoms with van der Waals surface area (Å²) in [5.74, 6) is 0.612. The second-order valence-corrected chi connectivity index (χ2v) is 11.6. The van der Waals surface area contributed by atoms with Gasteiger partial charge in [0.15, 0.2) is 9.84 Å². The summed E-state index contributed by atoms with van der Waals surface area (Å²) in [6, 6.07) is 10.5. The Balaban J connectivity index is 1.82. The third kappa shape index (κ3) is 4.42. The summed E-state index contributed by atoms with van der Waals surface area (Å²) in [5, 5.41) is 3.39. The summed E-state index contributed by atoms with van der Waals surface area (Å²) in [6.45, 7) is 9.78. The minimum atomic E-state index is -3.47. The van der Waals surface area contributed by atoms with Gasteiger partial charge in [-0.3, -0.25) is 9.36 Å². The van der Waals surface area contributed by atoms with Gasteiger partial charge in [0.2, 0.25) is 5.95 Å². The van der Waals surface area contributed by atoms with Crippen LogP contribution in [-0.4, -0.2) is 49.5 Å². The first-order chi connectivity index (χ1) is 16.1. The topological polar surface area (TPSA) is 93.5 Å². The first-order valence-electron chi connectivity index (χ1n) is 11.5. The van der Waals surface area contributed by atoms with Crippen LogP contribution in [0.5, 0.6) is 0 Å². The maximum atomic E-state index is 13.3. The summed E-state index contributed by atoms with van der Waals surface area (Å²) in [5.41, 5.74) is 2.85. The smallest absolute Gasteiger partial charge is 0.262 e. The van der Waals surface area contributed by atoms with E-state index in [1.807, 2.05) is 32.0 Å². The van der Waals surface area contributed by atoms with Crippen molar-refractivity contribution in [2.45, 2.75) is 43.9 Å². The number of anilines is 2. The monoisotopic (exact) mass is 484 g/mol. The van der Waals surface area contributed by atoms with Gasteiger partial charge in [0.05, 0.1) is 46.0 Å². The van der Waals surface area contributed by atoms with Crippen LogP contribution in [0.4, 0.5) is 11.6 Å². The number of fused-ring (bicyclic) bond motifs is 1. The molecule has 1 unspecified atom stereocenters. The molecule has 1 aromatic heterocycles. The van der Waals surface area contributed by atoms with Crippen molar-refractivity contribution in [1.82, 2.24) is 9.55 Å². The fourth-order valence-electron chi connectivity index (χ4n) is 4.32. The first-order valence-corrected chi connectivity index (χ1v) is 13.1. The summed E-state index contributed by atoms with van der Waals surface area (Å²) in [4.78, 5) is 20.6. The van der Waals surface area contributed by atoms with Crippen LogP contribution in [-0.2, 0) is 21.6 Å². The van der Waals surface area contributed by atoms with Crippen LogP contribution < -0.4 is 15.8 Å². The normalized spacial score (nSPS) is 15.6. The Morgan fingerprint density at radius 3 is 2.44 bits per heavy atom. The van der Waals surface area contributed by atoms with Crippen LogP contribution in [0.25, 0.3) is 10.9 Å². The summed E-state index contributed by atoms with van der Waals surface area (Å²) < 4.78 is 32.9. The predicted molar refractivity (Wildman–Crippen MR) is 136 cm³/mol. The largest absolute Gasteiger partial charge is 0.378 e. The molecule has 3 aromatic rings. The Hall–Kier alpha value is -2.91. The van der Waals surface area contributed by atoms with Crippen molar-refractivity contribution in [3.8, 4) is 0 Å². The molecule has 0 bridgehead atoms. The number of rotatable bonds is 6. The van der Waals surface area contributed by atoms with Crippen molar-refractivity contribution < 1.29 is 13.2 Å². The van der Waals surface area contributed by atoms with E-state index < -0.39 is 15.1 Å². The van der Waals surface area contributed by atoms with Crippen molar-refractivity contribution in [2.24, 2.45) is 7.05 Å². The molecule has 8 nitrogen and oxygen atoms in total. The molecule has 1 aliphatic heterocycles. The lowest BCUT2D eigenvalue weighted by Gasteiger charge is -2.29. The van der Waals surface area contributed by atoms with Crippen LogP contribution in [0.2, 0.25) is 0 Å². The molecular weight excluding hydrogens is 452 g/mol. The number of ether oxygens (including phenoxy) is 1. The van der Waals surface area contributed by atoms with E-state index in [2.05, 4.69) is 10.2 Å². The Morgan fingerprint density at radius 2 is 1.76 bits per heavy atom. The van der Waals surface area contributed by atoms with E-state index >= 15 is 0 Å². The van der Waals surface area contributed by atoms with E-state index in [-0.39, 0.29) is 16.5 Å². The van der Waals surface area contributed by atoms with Gasteiger partial charge in [0.25, 0.3) is 5.56 Å². The Kier molecular flexibility index (Phi) is 6.69. The molecule has 2 aromatic carbocycles. The van der Waals surface area contributed by atoms with Gasteiger partial charge in [0, 0.05) is 25.7 Å². The Labute approximate surface area is 200 Å². The van der Waals surface area contributed by atoms with Gasteiger partial charge in [0.1, 0.15) is 0 Å². The predicted octanol–water partition coefficient (Wildman–Crippen LogP) is 3.43. The molecule has 0 aliphatic carbocycles. The highest BCUT2D eigenvalue weighted by Gasteiger charge is 2.25. The summed E-state index contributed by atoms with van der Waals surface area (Å²) in [6.07, 6.45) is 0. The van der Waals surface area contributed by atoms with Gasteiger partial charge in [-0.05, 0) is 51.5 Å². The van der Waals surface area contributed by atoms with E-state index in [1.165, 1.54) is 0 Å². The number of sulfone groups is 1. The Bertz CT molecular complexity index is 1380. The molecule has 1 atom stereocenters. The molecule has 34 heavy (non-hydrogen) atoms. The standard InChI is InChI=1S/C25H32N4O4S/c1-16(2)34(31,32)22-9-7-6-8-21(22)26-18(4)19-14-17(3)15-20-23(19)27-25(28(5)24(20)30)29-10-12-33-13-11-29/h6-9,14-16,18,26H,10-13H2,1-5H3. The van der Waals surface area contributed by atoms with Crippen molar-refractivity contribution >= 4 is 32.4 Å². The van der Waals surface area contributed by atoms with Crippen LogP contribution in [0.1, 0.15) is 37.9 Å². The number of nitrogens with zero attached hydrogens (tertiary/aromatic N) is 3. The highest BCUT2D eigenvalue weighted by Crippen LogP contribution is 2.31. The van der Waals surface area contributed by atoms with Gasteiger partial charge in [-0.25, -0.2) is 13.4 Å². The molecule has 1 fully saturated rings. The quantitative estimate of drug-likeness (QED) is 0.573. The molecule has 0 radical (unpaired) electrons. The lowest BCUT2D eigenvalue weighted by atomic mass is 10.0. The first kappa shape index (κ1) is 24.2. The van der Waals surface area contributed by atoms with Crippen molar-refractivity contribution in [3.63, 3.8) is 0 Å². The SMILES string of the molecule is Cc1cc(C(C)Nc2ccccc2S(=O)(=O)C(C)C)c2nc(N3CCOCC3)n(C)c(=O)c2c1. The molecule has 9 heteroatoms. The lowest BCUT2D eigenvalue weighted by molar-refractivity contribution is 0.121. The van der Waals surface area contributed by atoms with Crippen LogP contribution in [0, 0.1) is 6.92 Å². The average Bonchev–Trinajstić information content (AvgIpc) is 2.82. The maximum absolute atomic E-state index is 13.3. The second kappa shape index (κ2) is 9.38. The Morgan fingerprint density at radius 1 is 1.09 bits per heavy atom. The number of hydrogen-bond donors (Lipinski definition) is 1. The number of morpholine rings is 1. The molecule has 0 amide bonds.